The van der Waals surface area contributed by atoms with Gasteiger partial charge in [-0.15, -0.1) is 0 Å². The highest BCUT2D eigenvalue weighted by Gasteiger charge is 2.12. The van der Waals surface area contributed by atoms with Crippen LogP contribution < -0.4 is 5.32 Å². The average molecular weight is 225 g/mol. The topological polar surface area (TPSA) is 39.1 Å². The van der Waals surface area contributed by atoms with Gasteiger partial charge in [0.05, 0.1) is 6.20 Å². The van der Waals surface area contributed by atoms with Crippen molar-refractivity contribution in [3.8, 4) is 0 Å². The first-order chi connectivity index (χ1) is 7.63. The molecule has 1 heterocycles. The highest BCUT2D eigenvalue weighted by atomic mass is 16.5. The Hall–Kier alpha value is -0.870. The number of nitrogens with one attached hydrogen (secondary N) is 1. The van der Waals surface area contributed by atoms with E-state index in [0.29, 0.717) is 12.0 Å². The molecule has 0 spiro atoms. The molecule has 1 N–H and O–H groups in total. The van der Waals surface area contributed by atoms with E-state index in [1.165, 1.54) is 5.56 Å². The molecule has 0 bridgehead atoms. The maximum absolute atomic E-state index is 5.12. The third-order valence-corrected chi connectivity index (χ3v) is 2.76. The third-order valence-electron chi connectivity index (χ3n) is 2.76. The standard InChI is InChI=1S/C12H23N3O/c1-10(2)12(5-6-16-4)13-7-11-8-14-15(3)9-11/h8-10,12-13H,5-7H2,1-4H3. The molecule has 0 aromatic carbocycles. The van der Waals surface area contributed by atoms with E-state index < -0.39 is 0 Å². The molecule has 1 unspecified atom stereocenters. The van der Waals surface area contributed by atoms with Crippen molar-refractivity contribution in [2.75, 3.05) is 13.7 Å². The van der Waals surface area contributed by atoms with Gasteiger partial charge in [-0.05, 0) is 12.3 Å². The van der Waals surface area contributed by atoms with Gasteiger partial charge in [0.1, 0.15) is 0 Å². The summed E-state index contributed by atoms with van der Waals surface area (Å²) in [6, 6.07) is 0.500. The van der Waals surface area contributed by atoms with Gasteiger partial charge in [0.25, 0.3) is 0 Å². The molecule has 4 heteroatoms. The van der Waals surface area contributed by atoms with Gasteiger partial charge in [-0.3, -0.25) is 4.68 Å². The summed E-state index contributed by atoms with van der Waals surface area (Å²) in [7, 11) is 3.69. The Morgan fingerprint density at radius 2 is 2.25 bits per heavy atom. The predicted octanol–water partition coefficient (Wildman–Crippen LogP) is 1.57. The Bertz CT molecular complexity index is 296. The summed E-state index contributed by atoms with van der Waals surface area (Å²) >= 11 is 0. The fraction of sp³-hybridized carbons (Fsp3) is 0.750. The summed E-state index contributed by atoms with van der Waals surface area (Å²) in [5.41, 5.74) is 1.23. The zero-order valence-corrected chi connectivity index (χ0v) is 10.7. The van der Waals surface area contributed by atoms with Crippen LogP contribution in [-0.4, -0.2) is 29.5 Å². The largest absolute Gasteiger partial charge is 0.385 e. The molecule has 0 amide bonds. The van der Waals surface area contributed by atoms with E-state index in [9.17, 15) is 0 Å². The Morgan fingerprint density at radius 3 is 2.75 bits per heavy atom. The molecule has 0 aliphatic rings. The second-order valence-electron chi connectivity index (χ2n) is 4.54. The number of aromatic nitrogens is 2. The fourth-order valence-electron chi connectivity index (χ4n) is 1.73. The molecule has 0 aliphatic heterocycles. The van der Waals surface area contributed by atoms with Gasteiger partial charge in [0.2, 0.25) is 0 Å². The van der Waals surface area contributed by atoms with Crippen LogP contribution in [0.1, 0.15) is 25.8 Å². The first kappa shape index (κ1) is 13.2. The van der Waals surface area contributed by atoms with Crippen LogP contribution in [0.3, 0.4) is 0 Å². The Kier molecular flexibility index (Phi) is 5.49. The molecule has 1 atom stereocenters. The van der Waals surface area contributed by atoms with Crippen molar-refractivity contribution in [1.82, 2.24) is 15.1 Å². The van der Waals surface area contributed by atoms with Crippen LogP contribution in [0.5, 0.6) is 0 Å². The quantitative estimate of drug-likeness (QED) is 0.765. The molecule has 1 aromatic heterocycles. The third kappa shape index (κ3) is 4.33. The zero-order valence-electron chi connectivity index (χ0n) is 10.7. The second kappa shape index (κ2) is 6.66. The fourth-order valence-corrected chi connectivity index (χ4v) is 1.73. The smallest absolute Gasteiger partial charge is 0.0534 e. The molecule has 0 saturated heterocycles. The molecule has 0 saturated carbocycles. The van der Waals surface area contributed by atoms with Crippen molar-refractivity contribution in [2.24, 2.45) is 13.0 Å². The molecule has 0 radical (unpaired) electrons. The van der Waals surface area contributed by atoms with Crippen LogP contribution >= 0.6 is 0 Å². The van der Waals surface area contributed by atoms with Gasteiger partial charge in [-0.1, -0.05) is 13.8 Å². The van der Waals surface area contributed by atoms with E-state index >= 15 is 0 Å². The van der Waals surface area contributed by atoms with E-state index in [1.807, 2.05) is 24.1 Å². The average Bonchev–Trinajstić information content (AvgIpc) is 2.64. The normalized spacial score (nSPS) is 13.3. The summed E-state index contributed by atoms with van der Waals surface area (Å²) in [6.45, 7) is 6.15. The van der Waals surface area contributed by atoms with E-state index in [2.05, 4.69) is 24.3 Å². The number of aryl methyl sites for hydroxylation is 1. The number of hydrogen-bond acceptors (Lipinski definition) is 3. The molecular formula is C12H23N3O. The lowest BCUT2D eigenvalue weighted by Gasteiger charge is -2.21. The van der Waals surface area contributed by atoms with E-state index in [4.69, 9.17) is 4.74 Å². The van der Waals surface area contributed by atoms with Crippen LogP contribution in [0.15, 0.2) is 12.4 Å². The van der Waals surface area contributed by atoms with Gasteiger partial charge in [-0.25, -0.2) is 0 Å². The minimum atomic E-state index is 0.500. The van der Waals surface area contributed by atoms with Crippen molar-refractivity contribution in [3.63, 3.8) is 0 Å². The summed E-state index contributed by atoms with van der Waals surface area (Å²) < 4.78 is 6.95. The van der Waals surface area contributed by atoms with Crippen LogP contribution in [0.2, 0.25) is 0 Å². The van der Waals surface area contributed by atoms with Crippen molar-refractivity contribution in [3.05, 3.63) is 18.0 Å². The Labute approximate surface area is 98.0 Å². The maximum Gasteiger partial charge on any atom is 0.0534 e. The van der Waals surface area contributed by atoms with Gasteiger partial charge < -0.3 is 10.1 Å². The Balaban J connectivity index is 2.37. The summed E-state index contributed by atoms with van der Waals surface area (Å²) in [6.07, 6.45) is 5.00. The molecule has 0 aliphatic carbocycles. The lowest BCUT2D eigenvalue weighted by molar-refractivity contribution is 0.173. The number of nitrogens with zero attached hydrogens (tertiary/aromatic N) is 2. The molecule has 1 aromatic rings. The van der Waals surface area contributed by atoms with E-state index in [0.717, 1.165) is 19.6 Å². The second-order valence-corrected chi connectivity index (χ2v) is 4.54. The predicted molar refractivity (Wildman–Crippen MR) is 65.2 cm³/mol. The van der Waals surface area contributed by atoms with Gasteiger partial charge >= 0.3 is 0 Å². The van der Waals surface area contributed by atoms with Crippen LogP contribution in [0, 0.1) is 5.92 Å². The number of ether oxygens (including phenoxy) is 1. The number of hydrogen-bond donors (Lipinski definition) is 1. The summed E-state index contributed by atoms with van der Waals surface area (Å²) in [5.74, 6) is 0.617. The van der Waals surface area contributed by atoms with Crippen LogP contribution in [0.25, 0.3) is 0 Å². The summed E-state index contributed by atoms with van der Waals surface area (Å²) in [5, 5.41) is 7.70. The minimum Gasteiger partial charge on any atom is -0.385 e. The molecule has 0 fully saturated rings. The highest BCUT2D eigenvalue weighted by molar-refractivity contribution is 5.03. The van der Waals surface area contributed by atoms with E-state index in [1.54, 1.807) is 7.11 Å². The molecule has 16 heavy (non-hydrogen) atoms. The van der Waals surface area contributed by atoms with Crippen molar-refractivity contribution in [1.29, 1.82) is 0 Å². The van der Waals surface area contributed by atoms with Crippen LogP contribution in [0.4, 0.5) is 0 Å². The van der Waals surface area contributed by atoms with Crippen molar-refractivity contribution in [2.45, 2.75) is 32.9 Å². The van der Waals surface area contributed by atoms with Gasteiger partial charge in [0.15, 0.2) is 0 Å². The maximum atomic E-state index is 5.12. The van der Waals surface area contributed by atoms with Crippen LogP contribution in [-0.2, 0) is 18.3 Å². The van der Waals surface area contributed by atoms with E-state index in [-0.39, 0.29) is 0 Å². The Morgan fingerprint density at radius 1 is 1.50 bits per heavy atom. The van der Waals surface area contributed by atoms with Crippen molar-refractivity contribution >= 4 is 0 Å². The monoisotopic (exact) mass is 225 g/mol. The summed E-state index contributed by atoms with van der Waals surface area (Å²) in [4.78, 5) is 0. The number of methoxy groups -OCH3 is 1. The first-order valence-electron chi connectivity index (χ1n) is 5.83. The molecule has 4 nitrogen and oxygen atoms in total. The first-order valence-corrected chi connectivity index (χ1v) is 5.83. The SMILES string of the molecule is COCCC(NCc1cnn(C)c1)C(C)C. The molecule has 92 valence electrons. The molecule has 1 rings (SSSR count). The van der Waals surface area contributed by atoms with Gasteiger partial charge in [-0.2, -0.15) is 5.10 Å². The lowest BCUT2D eigenvalue weighted by Crippen LogP contribution is -2.34. The van der Waals surface area contributed by atoms with Gasteiger partial charge in [0, 0.05) is 45.1 Å². The lowest BCUT2D eigenvalue weighted by atomic mass is 10.0. The van der Waals surface area contributed by atoms with Crippen molar-refractivity contribution < 1.29 is 4.74 Å². The number of rotatable bonds is 7. The minimum absolute atomic E-state index is 0.500. The highest BCUT2D eigenvalue weighted by Crippen LogP contribution is 2.07. The molecular weight excluding hydrogens is 202 g/mol. The zero-order chi connectivity index (χ0) is 12.0.